The van der Waals surface area contributed by atoms with Gasteiger partial charge in [0.2, 0.25) is 11.8 Å². The summed E-state index contributed by atoms with van der Waals surface area (Å²) in [4.78, 5) is 39.2. The summed E-state index contributed by atoms with van der Waals surface area (Å²) in [5, 5.41) is 10.4. The molecular formula is C19H20ClN5O3. The van der Waals surface area contributed by atoms with E-state index in [0.29, 0.717) is 46.3 Å². The highest BCUT2D eigenvalue weighted by molar-refractivity contribution is 6.31. The van der Waals surface area contributed by atoms with Crippen molar-refractivity contribution < 1.29 is 14.4 Å². The molecule has 8 nitrogen and oxygen atoms in total. The molecule has 2 aromatic rings. The van der Waals surface area contributed by atoms with E-state index in [4.69, 9.17) is 11.6 Å². The molecule has 3 amide bonds. The Bertz CT molecular complexity index is 1000. The molecule has 1 fully saturated rings. The Morgan fingerprint density at radius 2 is 2.14 bits per heavy atom. The SMILES string of the molecule is Cc1nn(CC(=O)Nc2ccc3c(c2)C(=O)N2CCC[C@@H]2C(=O)N3)c(C)c1Cl. The first kappa shape index (κ1) is 18.5. The quantitative estimate of drug-likeness (QED) is 0.825. The molecule has 0 radical (unpaired) electrons. The van der Waals surface area contributed by atoms with Crippen LogP contribution in [0, 0.1) is 13.8 Å². The number of aryl methyl sites for hydroxylation is 1. The number of anilines is 2. The van der Waals surface area contributed by atoms with Crippen molar-refractivity contribution in [3.63, 3.8) is 0 Å². The van der Waals surface area contributed by atoms with E-state index in [2.05, 4.69) is 15.7 Å². The fourth-order valence-corrected chi connectivity index (χ4v) is 3.86. The molecule has 1 aromatic carbocycles. The molecule has 146 valence electrons. The maximum Gasteiger partial charge on any atom is 0.256 e. The average molecular weight is 402 g/mol. The molecular weight excluding hydrogens is 382 g/mol. The number of carbonyl (C=O) groups excluding carboxylic acids is 3. The molecule has 4 rings (SSSR count). The zero-order chi connectivity index (χ0) is 20.0. The largest absolute Gasteiger partial charge is 0.327 e. The maximum atomic E-state index is 12.9. The van der Waals surface area contributed by atoms with E-state index in [1.807, 2.05) is 0 Å². The second-order valence-electron chi connectivity index (χ2n) is 7.10. The monoisotopic (exact) mass is 401 g/mol. The molecule has 0 bridgehead atoms. The summed E-state index contributed by atoms with van der Waals surface area (Å²) in [5.41, 5.74) is 2.71. The first-order chi connectivity index (χ1) is 13.3. The lowest BCUT2D eigenvalue weighted by Crippen LogP contribution is -2.40. The molecule has 9 heteroatoms. The highest BCUT2D eigenvalue weighted by Crippen LogP contribution is 2.30. The van der Waals surface area contributed by atoms with Crippen molar-refractivity contribution in [3.05, 3.63) is 40.2 Å². The summed E-state index contributed by atoms with van der Waals surface area (Å²) >= 11 is 6.12. The summed E-state index contributed by atoms with van der Waals surface area (Å²) in [6, 6.07) is 4.48. The normalized spacial score (nSPS) is 18.4. The maximum absolute atomic E-state index is 12.9. The van der Waals surface area contributed by atoms with Crippen molar-refractivity contribution in [3.8, 4) is 0 Å². The van der Waals surface area contributed by atoms with Crippen molar-refractivity contribution in [2.45, 2.75) is 39.3 Å². The number of aromatic nitrogens is 2. The second kappa shape index (κ2) is 6.94. The lowest BCUT2D eigenvalue weighted by atomic mass is 10.1. The van der Waals surface area contributed by atoms with Crippen molar-refractivity contribution in [2.24, 2.45) is 0 Å². The average Bonchev–Trinajstić information content (AvgIpc) is 3.21. The third-order valence-electron chi connectivity index (χ3n) is 5.19. The van der Waals surface area contributed by atoms with Crippen LogP contribution in [0.4, 0.5) is 11.4 Å². The molecule has 2 aliphatic rings. The minimum atomic E-state index is -0.422. The number of fused-ring (bicyclic) bond motifs is 2. The topological polar surface area (TPSA) is 96.3 Å². The molecule has 0 aliphatic carbocycles. The third-order valence-corrected chi connectivity index (χ3v) is 5.74. The van der Waals surface area contributed by atoms with Gasteiger partial charge in [0.25, 0.3) is 5.91 Å². The first-order valence-corrected chi connectivity index (χ1v) is 9.48. The Balaban J connectivity index is 1.55. The predicted octanol–water partition coefficient (Wildman–Crippen LogP) is 2.35. The van der Waals surface area contributed by atoms with Crippen LogP contribution >= 0.6 is 11.6 Å². The summed E-state index contributed by atoms with van der Waals surface area (Å²) in [6.45, 7) is 4.15. The predicted molar refractivity (Wildman–Crippen MR) is 104 cm³/mol. The number of nitrogens with zero attached hydrogens (tertiary/aromatic N) is 3. The van der Waals surface area contributed by atoms with Gasteiger partial charge in [-0.2, -0.15) is 5.10 Å². The van der Waals surface area contributed by atoms with Gasteiger partial charge in [-0.1, -0.05) is 11.6 Å². The van der Waals surface area contributed by atoms with Gasteiger partial charge in [0, 0.05) is 12.2 Å². The van der Waals surface area contributed by atoms with Crippen molar-refractivity contribution in [1.29, 1.82) is 0 Å². The van der Waals surface area contributed by atoms with E-state index in [-0.39, 0.29) is 24.3 Å². The zero-order valence-electron chi connectivity index (χ0n) is 15.6. The fourth-order valence-electron chi connectivity index (χ4n) is 3.73. The van der Waals surface area contributed by atoms with E-state index in [0.717, 1.165) is 6.42 Å². The lowest BCUT2D eigenvalue weighted by molar-refractivity contribution is -0.119. The summed E-state index contributed by atoms with van der Waals surface area (Å²) in [7, 11) is 0. The Labute approximate surface area is 166 Å². The van der Waals surface area contributed by atoms with Crippen LogP contribution in [-0.2, 0) is 16.1 Å². The minimum Gasteiger partial charge on any atom is -0.327 e. The van der Waals surface area contributed by atoms with Gasteiger partial charge in [0.15, 0.2) is 0 Å². The minimum absolute atomic E-state index is 0.00929. The molecule has 28 heavy (non-hydrogen) atoms. The van der Waals surface area contributed by atoms with Crippen LogP contribution in [0.25, 0.3) is 0 Å². The van der Waals surface area contributed by atoms with Gasteiger partial charge in [0.1, 0.15) is 12.6 Å². The smallest absolute Gasteiger partial charge is 0.256 e. The van der Waals surface area contributed by atoms with Crippen molar-refractivity contribution in [2.75, 3.05) is 17.2 Å². The van der Waals surface area contributed by atoms with E-state index < -0.39 is 6.04 Å². The number of amides is 3. The number of nitrogens with one attached hydrogen (secondary N) is 2. The summed E-state index contributed by atoms with van der Waals surface area (Å²) < 4.78 is 1.54. The van der Waals surface area contributed by atoms with Crippen LogP contribution in [0.3, 0.4) is 0 Å². The van der Waals surface area contributed by atoms with Crippen molar-refractivity contribution in [1.82, 2.24) is 14.7 Å². The number of benzene rings is 1. The summed E-state index contributed by atoms with van der Waals surface area (Å²) in [6.07, 6.45) is 1.47. The molecule has 1 saturated heterocycles. The van der Waals surface area contributed by atoms with E-state index >= 15 is 0 Å². The highest BCUT2D eigenvalue weighted by Gasteiger charge is 2.38. The van der Waals surface area contributed by atoms with E-state index in [1.54, 1.807) is 36.9 Å². The number of hydrogen-bond acceptors (Lipinski definition) is 4. The molecule has 0 unspecified atom stereocenters. The molecule has 2 aliphatic heterocycles. The van der Waals surface area contributed by atoms with E-state index in [1.165, 1.54) is 4.68 Å². The lowest BCUT2D eigenvalue weighted by Gasteiger charge is -2.20. The van der Waals surface area contributed by atoms with Crippen LogP contribution in [0.5, 0.6) is 0 Å². The Kier molecular flexibility index (Phi) is 4.58. The number of hydrogen-bond donors (Lipinski definition) is 2. The number of carbonyl (C=O) groups is 3. The van der Waals surface area contributed by atoms with Crippen LogP contribution in [0.15, 0.2) is 18.2 Å². The number of rotatable bonds is 3. The van der Waals surface area contributed by atoms with Crippen molar-refractivity contribution >= 4 is 40.7 Å². The van der Waals surface area contributed by atoms with Crippen LogP contribution in [0.1, 0.15) is 34.6 Å². The van der Waals surface area contributed by atoms with Crippen LogP contribution in [-0.4, -0.2) is 45.0 Å². The molecule has 0 spiro atoms. The van der Waals surface area contributed by atoms with Gasteiger partial charge in [-0.3, -0.25) is 19.1 Å². The molecule has 1 atom stereocenters. The Morgan fingerprint density at radius 3 is 2.86 bits per heavy atom. The van der Waals surface area contributed by atoms with Crippen LogP contribution < -0.4 is 10.6 Å². The molecule has 3 heterocycles. The Morgan fingerprint density at radius 1 is 1.36 bits per heavy atom. The van der Waals surface area contributed by atoms with Gasteiger partial charge < -0.3 is 15.5 Å². The van der Waals surface area contributed by atoms with Gasteiger partial charge in [-0.15, -0.1) is 0 Å². The van der Waals surface area contributed by atoms with Crippen LogP contribution in [0.2, 0.25) is 5.02 Å². The molecule has 2 N–H and O–H groups in total. The summed E-state index contributed by atoms with van der Waals surface area (Å²) in [5.74, 6) is -0.647. The van der Waals surface area contributed by atoms with E-state index in [9.17, 15) is 14.4 Å². The standard InChI is InChI=1S/C19H20ClN5O3/c1-10-17(20)11(2)25(23-10)9-16(26)21-12-5-6-14-13(8-12)19(28)24-7-3-4-15(24)18(27)22-14/h5-6,8,15H,3-4,7,9H2,1-2H3,(H,21,26)(H,22,27)/t15-/m1/s1. The van der Waals surface area contributed by atoms with Gasteiger partial charge >= 0.3 is 0 Å². The molecule has 1 aromatic heterocycles. The molecule has 0 saturated carbocycles. The second-order valence-corrected chi connectivity index (χ2v) is 7.47. The number of halogens is 1. The zero-order valence-corrected chi connectivity index (χ0v) is 16.3. The fraction of sp³-hybridized carbons (Fsp3) is 0.368. The van der Waals surface area contributed by atoms with Gasteiger partial charge in [0.05, 0.1) is 27.7 Å². The van der Waals surface area contributed by atoms with Gasteiger partial charge in [-0.05, 0) is 44.9 Å². The first-order valence-electron chi connectivity index (χ1n) is 9.10. The Hall–Kier alpha value is -2.87. The van der Waals surface area contributed by atoms with Gasteiger partial charge in [-0.25, -0.2) is 0 Å². The highest BCUT2D eigenvalue weighted by atomic mass is 35.5. The third kappa shape index (κ3) is 3.13.